The Morgan fingerprint density at radius 3 is 2.46 bits per heavy atom. The van der Waals surface area contributed by atoms with Crippen LogP contribution in [0.25, 0.3) is 0 Å². The van der Waals surface area contributed by atoms with E-state index in [0.29, 0.717) is 23.8 Å². The lowest BCUT2D eigenvalue weighted by atomic mass is 9.73. The van der Waals surface area contributed by atoms with Crippen LogP contribution in [0, 0.1) is 11.8 Å². The highest BCUT2D eigenvalue weighted by Gasteiger charge is 2.36. The quantitative estimate of drug-likeness (QED) is 0.489. The lowest BCUT2D eigenvalue weighted by Gasteiger charge is -2.38. The molecule has 2 fully saturated rings. The molecule has 9 nitrogen and oxygen atoms in total. The first-order chi connectivity index (χ1) is 16.9. The summed E-state index contributed by atoms with van der Waals surface area (Å²) in [5.74, 6) is 1.60. The molecule has 1 saturated carbocycles. The molecule has 35 heavy (non-hydrogen) atoms. The van der Waals surface area contributed by atoms with Crippen molar-refractivity contribution in [3.8, 4) is 5.75 Å². The van der Waals surface area contributed by atoms with Crippen LogP contribution in [-0.2, 0) is 24.3 Å². The average molecular weight is 509 g/mol. The Hall–Kier alpha value is -2.14. The molecule has 1 amide bonds. The molecule has 1 N–H and O–H groups in total. The van der Waals surface area contributed by atoms with Gasteiger partial charge in [-0.1, -0.05) is 6.42 Å². The van der Waals surface area contributed by atoms with Gasteiger partial charge in [0.05, 0.1) is 25.2 Å². The molecular formula is C25H36N2O7S. The normalized spacial score (nSPS) is 23.1. The summed E-state index contributed by atoms with van der Waals surface area (Å²) in [5.41, 5.74) is 0. The molecule has 0 spiro atoms. The second kappa shape index (κ2) is 11.7. The predicted octanol–water partition coefficient (Wildman–Crippen LogP) is 2.36. The van der Waals surface area contributed by atoms with E-state index in [9.17, 15) is 18.3 Å². The van der Waals surface area contributed by atoms with Crippen molar-refractivity contribution in [2.45, 2.75) is 49.7 Å². The van der Waals surface area contributed by atoms with Crippen molar-refractivity contribution in [3.05, 3.63) is 36.1 Å². The van der Waals surface area contributed by atoms with Crippen LogP contribution in [0.3, 0.4) is 0 Å². The largest absolute Gasteiger partial charge is 0.497 e. The van der Waals surface area contributed by atoms with E-state index in [-0.39, 0.29) is 43.0 Å². The maximum absolute atomic E-state index is 13.1. The van der Waals surface area contributed by atoms with Gasteiger partial charge in [-0.15, -0.1) is 0 Å². The summed E-state index contributed by atoms with van der Waals surface area (Å²) >= 11 is 0. The minimum atomic E-state index is -3.82. The maximum Gasteiger partial charge on any atom is 0.288 e. The van der Waals surface area contributed by atoms with E-state index in [4.69, 9.17) is 14.2 Å². The van der Waals surface area contributed by atoms with Crippen LogP contribution in [0.1, 0.15) is 38.5 Å². The summed E-state index contributed by atoms with van der Waals surface area (Å²) in [6.07, 6.45) is 7.53. The van der Waals surface area contributed by atoms with Crippen LogP contribution in [0.4, 0.5) is 0 Å². The minimum Gasteiger partial charge on any atom is -0.497 e. The highest BCUT2D eigenvalue weighted by Crippen LogP contribution is 2.40. The average Bonchev–Trinajstić information content (AvgIpc) is 3.37. The number of carbonyl (C=O) groups excluding carboxylic acids is 1. The molecule has 194 valence electrons. The number of amides is 1. The van der Waals surface area contributed by atoms with Gasteiger partial charge in [0.1, 0.15) is 5.75 Å². The van der Waals surface area contributed by atoms with Crippen LogP contribution >= 0.6 is 0 Å². The van der Waals surface area contributed by atoms with E-state index in [0.717, 1.165) is 38.8 Å². The third kappa shape index (κ3) is 6.17. The number of benzene rings is 1. The molecule has 0 unspecified atom stereocenters. The van der Waals surface area contributed by atoms with E-state index in [2.05, 4.69) is 0 Å². The summed E-state index contributed by atoms with van der Waals surface area (Å²) in [6, 6.07) is 6.13. The van der Waals surface area contributed by atoms with Gasteiger partial charge < -0.3 is 24.2 Å². The van der Waals surface area contributed by atoms with Gasteiger partial charge >= 0.3 is 0 Å². The van der Waals surface area contributed by atoms with Gasteiger partial charge in [-0.3, -0.25) is 4.79 Å². The number of aliphatic hydroxyl groups is 1. The molecule has 2 aliphatic heterocycles. The molecule has 0 bridgehead atoms. The fraction of sp³-hybridized carbons (Fsp3) is 0.640. The molecule has 0 aromatic heterocycles. The first-order valence-corrected chi connectivity index (χ1v) is 13.9. The molecule has 1 aromatic carbocycles. The molecule has 1 aliphatic carbocycles. The topological polar surface area (TPSA) is 106 Å². The molecule has 1 aromatic rings. The second-order valence-corrected chi connectivity index (χ2v) is 11.3. The van der Waals surface area contributed by atoms with Gasteiger partial charge in [0.2, 0.25) is 16.3 Å². The van der Waals surface area contributed by atoms with E-state index < -0.39 is 16.3 Å². The SMILES string of the molecule is COc1ccc(S(=O)(=O)N(CCO)CCO[C@H]2C[C@@H](C3CCC3)C=C(C(=O)N3CCCC3)O2)cc1. The summed E-state index contributed by atoms with van der Waals surface area (Å²) < 4.78 is 44.5. The van der Waals surface area contributed by atoms with Crippen molar-refractivity contribution in [1.29, 1.82) is 0 Å². The third-order valence-corrected chi connectivity index (χ3v) is 9.05. The number of sulfonamides is 1. The predicted molar refractivity (Wildman–Crippen MR) is 129 cm³/mol. The Kier molecular flexibility index (Phi) is 8.69. The summed E-state index contributed by atoms with van der Waals surface area (Å²) in [4.78, 5) is 14.9. The van der Waals surface area contributed by atoms with E-state index in [1.54, 1.807) is 12.1 Å². The number of carbonyl (C=O) groups is 1. The van der Waals surface area contributed by atoms with E-state index >= 15 is 0 Å². The monoisotopic (exact) mass is 508 g/mol. The van der Waals surface area contributed by atoms with Crippen LogP contribution in [0.2, 0.25) is 0 Å². The van der Waals surface area contributed by atoms with Gasteiger partial charge in [0.15, 0.2) is 5.76 Å². The Morgan fingerprint density at radius 1 is 1.14 bits per heavy atom. The number of aliphatic hydroxyl groups excluding tert-OH is 1. The molecule has 3 aliphatic rings. The van der Waals surface area contributed by atoms with Gasteiger partial charge in [-0.25, -0.2) is 8.42 Å². The Labute approximate surface area is 207 Å². The highest BCUT2D eigenvalue weighted by atomic mass is 32.2. The molecule has 4 rings (SSSR count). The number of allylic oxidation sites excluding steroid dienone is 1. The van der Waals surface area contributed by atoms with Gasteiger partial charge in [-0.05, 0) is 67.9 Å². The molecule has 2 atom stereocenters. The fourth-order valence-electron chi connectivity index (χ4n) is 4.86. The molecular weight excluding hydrogens is 472 g/mol. The highest BCUT2D eigenvalue weighted by molar-refractivity contribution is 7.89. The van der Waals surface area contributed by atoms with Gasteiger partial charge in [-0.2, -0.15) is 4.31 Å². The van der Waals surface area contributed by atoms with Crippen LogP contribution in [0.5, 0.6) is 5.75 Å². The number of ether oxygens (including phenoxy) is 3. The van der Waals surface area contributed by atoms with E-state index in [1.807, 2.05) is 11.0 Å². The van der Waals surface area contributed by atoms with Crippen molar-refractivity contribution >= 4 is 15.9 Å². The smallest absolute Gasteiger partial charge is 0.288 e. The number of hydrogen-bond donors (Lipinski definition) is 1. The number of hydrogen-bond acceptors (Lipinski definition) is 7. The van der Waals surface area contributed by atoms with Crippen LogP contribution in [0.15, 0.2) is 41.0 Å². The fourth-order valence-corrected chi connectivity index (χ4v) is 6.27. The van der Waals surface area contributed by atoms with Crippen molar-refractivity contribution < 1.29 is 32.5 Å². The number of likely N-dealkylation sites (tertiary alicyclic amines) is 1. The molecule has 1 saturated heterocycles. The summed E-state index contributed by atoms with van der Waals surface area (Å²) in [7, 11) is -2.31. The number of nitrogens with zero attached hydrogens (tertiary/aromatic N) is 2. The first kappa shape index (κ1) is 25.9. The Balaban J connectivity index is 1.39. The Bertz CT molecular complexity index is 986. The number of rotatable bonds is 11. The van der Waals surface area contributed by atoms with Crippen molar-refractivity contribution in [1.82, 2.24) is 9.21 Å². The Morgan fingerprint density at radius 2 is 1.86 bits per heavy atom. The van der Waals surface area contributed by atoms with Gasteiger partial charge in [0, 0.05) is 32.6 Å². The van der Waals surface area contributed by atoms with Crippen molar-refractivity contribution in [3.63, 3.8) is 0 Å². The lowest BCUT2D eigenvalue weighted by Crippen LogP contribution is -2.39. The third-order valence-electron chi connectivity index (χ3n) is 7.14. The maximum atomic E-state index is 13.1. The standard InChI is InChI=1S/C25H36N2O7S/c1-32-21-7-9-22(10-8-21)35(30,31)27(13-15-28)14-16-33-24-18-20(19-5-4-6-19)17-23(34-24)25(29)26-11-2-3-12-26/h7-10,17,19-20,24,28H,2-6,11-16,18H2,1H3/t20-,24+/m0/s1. The lowest BCUT2D eigenvalue weighted by molar-refractivity contribution is -0.157. The molecule has 10 heteroatoms. The van der Waals surface area contributed by atoms with Crippen molar-refractivity contribution in [2.24, 2.45) is 11.8 Å². The van der Waals surface area contributed by atoms with Crippen LogP contribution in [-0.4, -0.2) is 81.4 Å². The van der Waals surface area contributed by atoms with Gasteiger partial charge in [0.25, 0.3) is 5.91 Å². The minimum absolute atomic E-state index is 0.0491. The summed E-state index contributed by atoms with van der Waals surface area (Å²) in [5, 5.41) is 9.46. The van der Waals surface area contributed by atoms with Crippen LogP contribution < -0.4 is 4.74 Å². The molecule has 2 heterocycles. The zero-order valence-corrected chi connectivity index (χ0v) is 21.1. The van der Waals surface area contributed by atoms with E-state index in [1.165, 1.54) is 30.0 Å². The molecule has 0 radical (unpaired) electrons. The second-order valence-electron chi connectivity index (χ2n) is 9.34. The van der Waals surface area contributed by atoms with Crippen molar-refractivity contribution in [2.75, 3.05) is 46.5 Å². The zero-order chi connectivity index (χ0) is 24.8. The first-order valence-electron chi connectivity index (χ1n) is 12.5. The summed E-state index contributed by atoms with van der Waals surface area (Å²) in [6.45, 7) is 1.28. The zero-order valence-electron chi connectivity index (χ0n) is 20.3. The number of methoxy groups -OCH3 is 1.